The summed E-state index contributed by atoms with van der Waals surface area (Å²) in [6.45, 7) is 2.31. The molecule has 0 saturated carbocycles. The smallest absolute Gasteiger partial charge is 0.0459 e. The molecule has 0 amide bonds. The van der Waals surface area contributed by atoms with Gasteiger partial charge in [0.2, 0.25) is 0 Å². The van der Waals surface area contributed by atoms with Crippen LogP contribution in [0.2, 0.25) is 0 Å². The highest BCUT2D eigenvalue weighted by atomic mass is 79.9. The standard InChI is InChI=1S/C13H15BrN2/c1-16-6-4-10-11-8-9(14)2-3-12(11)15-13(10)5-7-16/h2-3,8,15H,4-7H2,1H3. The van der Waals surface area contributed by atoms with Crippen LogP contribution in [-0.2, 0) is 12.8 Å². The van der Waals surface area contributed by atoms with E-state index < -0.39 is 0 Å². The summed E-state index contributed by atoms with van der Waals surface area (Å²) >= 11 is 3.55. The van der Waals surface area contributed by atoms with E-state index in [1.807, 2.05) is 0 Å². The minimum Gasteiger partial charge on any atom is -0.358 e. The molecule has 2 heterocycles. The van der Waals surface area contributed by atoms with E-state index in [9.17, 15) is 0 Å². The molecule has 0 radical (unpaired) electrons. The molecule has 1 aromatic heterocycles. The van der Waals surface area contributed by atoms with Crippen LogP contribution in [0.5, 0.6) is 0 Å². The van der Waals surface area contributed by atoms with Gasteiger partial charge in [-0.1, -0.05) is 15.9 Å². The number of aromatic amines is 1. The Labute approximate surface area is 104 Å². The summed E-state index contributed by atoms with van der Waals surface area (Å²) in [5, 5.41) is 1.39. The van der Waals surface area contributed by atoms with E-state index in [2.05, 4.69) is 51.1 Å². The Bertz CT molecular complexity index is 530. The van der Waals surface area contributed by atoms with Crippen molar-refractivity contribution in [3.8, 4) is 0 Å². The third kappa shape index (κ3) is 1.68. The van der Waals surface area contributed by atoms with Gasteiger partial charge in [0.25, 0.3) is 0 Å². The number of aromatic nitrogens is 1. The lowest BCUT2D eigenvalue weighted by atomic mass is 10.1. The Balaban J connectivity index is 2.16. The second-order valence-electron chi connectivity index (χ2n) is 4.58. The fraction of sp³-hybridized carbons (Fsp3) is 0.385. The van der Waals surface area contributed by atoms with Crippen LogP contribution in [0.4, 0.5) is 0 Å². The number of fused-ring (bicyclic) bond motifs is 3. The Morgan fingerprint density at radius 3 is 2.94 bits per heavy atom. The van der Waals surface area contributed by atoms with Crippen molar-refractivity contribution in [1.29, 1.82) is 0 Å². The van der Waals surface area contributed by atoms with Crippen LogP contribution in [0.25, 0.3) is 10.9 Å². The van der Waals surface area contributed by atoms with Crippen LogP contribution in [0, 0.1) is 0 Å². The molecule has 0 atom stereocenters. The molecule has 0 fully saturated rings. The second kappa shape index (κ2) is 3.90. The number of nitrogens with zero attached hydrogens (tertiary/aromatic N) is 1. The van der Waals surface area contributed by atoms with Crippen molar-refractivity contribution in [2.24, 2.45) is 0 Å². The Kier molecular flexibility index (Phi) is 2.52. The van der Waals surface area contributed by atoms with Crippen LogP contribution < -0.4 is 0 Å². The zero-order valence-electron chi connectivity index (χ0n) is 9.39. The maximum Gasteiger partial charge on any atom is 0.0459 e. The number of nitrogens with one attached hydrogen (secondary N) is 1. The number of rotatable bonds is 0. The number of benzene rings is 1. The van der Waals surface area contributed by atoms with Crippen molar-refractivity contribution >= 4 is 26.8 Å². The summed E-state index contributed by atoms with van der Waals surface area (Å²) in [5.74, 6) is 0. The van der Waals surface area contributed by atoms with E-state index >= 15 is 0 Å². The molecule has 1 aliphatic heterocycles. The summed E-state index contributed by atoms with van der Waals surface area (Å²) < 4.78 is 1.17. The van der Waals surface area contributed by atoms with Crippen molar-refractivity contribution in [2.45, 2.75) is 12.8 Å². The maximum absolute atomic E-state index is 3.56. The van der Waals surface area contributed by atoms with Crippen molar-refractivity contribution in [3.63, 3.8) is 0 Å². The van der Waals surface area contributed by atoms with Gasteiger partial charge in [-0.25, -0.2) is 0 Å². The molecule has 1 N–H and O–H groups in total. The highest BCUT2D eigenvalue weighted by molar-refractivity contribution is 9.10. The zero-order chi connectivity index (χ0) is 11.1. The molecule has 1 aromatic carbocycles. The minimum atomic E-state index is 1.14. The fourth-order valence-electron chi connectivity index (χ4n) is 2.49. The lowest BCUT2D eigenvalue weighted by Crippen LogP contribution is -2.21. The molecule has 0 bridgehead atoms. The van der Waals surface area contributed by atoms with Crippen molar-refractivity contribution in [2.75, 3.05) is 20.1 Å². The Morgan fingerprint density at radius 2 is 2.06 bits per heavy atom. The van der Waals surface area contributed by atoms with Gasteiger partial charge in [0.05, 0.1) is 0 Å². The third-order valence-corrected chi connectivity index (χ3v) is 3.94. The quantitative estimate of drug-likeness (QED) is 0.785. The molecule has 16 heavy (non-hydrogen) atoms. The van der Waals surface area contributed by atoms with Gasteiger partial charge in [-0.05, 0) is 37.2 Å². The van der Waals surface area contributed by atoms with E-state index in [0.717, 1.165) is 25.9 Å². The second-order valence-corrected chi connectivity index (χ2v) is 5.49. The van der Waals surface area contributed by atoms with Crippen LogP contribution in [0.1, 0.15) is 11.3 Å². The van der Waals surface area contributed by atoms with Crippen LogP contribution in [0.3, 0.4) is 0 Å². The van der Waals surface area contributed by atoms with Gasteiger partial charge in [0.1, 0.15) is 0 Å². The van der Waals surface area contributed by atoms with E-state index in [0.29, 0.717) is 0 Å². The van der Waals surface area contributed by atoms with Crippen LogP contribution in [-0.4, -0.2) is 30.0 Å². The first-order chi connectivity index (χ1) is 7.74. The van der Waals surface area contributed by atoms with Crippen molar-refractivity contribution in [1.82, 2.24) is 9.88 Å². The Morgan fingerprint density at radius 1 is 1.25 bits per heavy atom. The molecule has 3 heteroatoms. The number of halogens is 1. The summed E-state index contributed by atoms with van der Waals surface area (Å²) in [5.41, 5.74) is 4.22. The Hall–Kier alpha value is -0.800. The first-order valence-electron chi connectivity index (χ1n) is 5.71. The van der Waals surface area contributed by atoms with Gasteiger partial charge >= 0.3 is 0 Å². The van der Waals surface area contributed by atoms with Crippen molar-refractivity contribution in [3.05, 3.63) is 33.9 Å². The summed E-state index contributed by atoms with van der Waals surface area (Å²) in [7, 11) is 2.20. The third-order valence-electron chi connectivity index (χ3n) is 3.44. The summed E-state index contributed by atoms with van der Waals surface area (Å²) in [4.78, 5) is 5.96. The van der Waals surface area contributed by atoms with Gasteiger partial charge < -0.3 is 9.88 Å². The van der Waals surface area contributed by atoms with Gasteiger partial charge in [0, 0.05) is 40.6 Å². The SMILES string of the molecule is CN1CCc2[nH]c3ccc(Br)cc3c2CC1. The molecule has 0 saturated heterocycles. The van der Waals surface area contributed by atoms with Gasteiger partial charge in [-0.2, -0.15) is 0 Å². The predicted octanol–water partition coefficient (Wildman–Crippen LogP) is 2.96. The molecular formula is C13H15BrN2. The zero-order valence-corrected chi connectivity index (χ0v) is 11.0. The molecule has 1 aliphatic rings. The molecule has 0 unspecified atom stereocenters. The van der Waals surface area contributed by atoms with E-state index in [1.54, 1.807) is 0 Å². The summed E-state index contributed by atoms with van der Waals surface area (Å²) in [6, 6.07) is 6.50. The maximum atomic E-state index is 3.56. The molecular weight excluding hydrogens is 264 g/mol. The van der Waals surface area contributed by atoms with Crippen LogP contribution in [0.15, 0.2) is 22.7 Å². The minimum absolute atomic E-state index is 1.14. The number of H-pyrrole nitrogens is 1. The van der Waals surface area contributed by atoms with Crippen molar-refractivity contribution < 1.29 is 0 Å². The van der Waals surface area contributed by atoms with Gasteiger partial charge in [0.15, 0.2) is 0 Å². The normalized spacial score (nSPS) is 17.4. The largest absolute Gasteiger partial charge is 0.358 e. The van der Waals surface area contributed by atoms with Gasteiger partial charge in [-0.3, -0.25) is 0 Å². The molecule has 0 spiro atoms. The molecule has 84 valence electrons. The highest BCUT2D eigenvalue weighted by Crippen LogP contribution is 2.28. The van der Waals surface area contributed by atoms with E-state index in [1.165, 1.54) is 26.6 Å². The highest BCUT2D eigenvalue weighted by Gasteiger charge is 2.16. The number of hydrogen-bond donors (Lipinski definition) is 1. The lowest BCUT2D eigenvalue weighted by Gasteiger charge is -2.11. The lowest BCUT2D eigenvalue weighted by molar-refractivity contribution is 0.352. The fourth-order valence-corrected chi connectivity index (χ4v) is 2.85. The monoisotopic (exact) mass is 278 g/mol. The first-order valence-corrected chi connectivity index (χ1v) is 6.51. The first kappa shape index (κ1) is 10.4. The molecule has 2 aromatic rings. The molecule has 2 nitrogen and oxygen atoms in total. The van der Waals surface area contributed by atoms with E-state index in [-0.39, 0.29) is 0 Å². The topological polar surface area (TPSA) is 19.0 Å². The number of likely N-dealkylation sites (N-methyl/N-ethyl adjacent to an activating group) is 1. The average molecular weight is 279 g/mol. The summed E-state index contributed by atoms with van der Waals surface area (Å²) in [6.07, 6.45) is 2.29. The predicted molar refractivity (Wildman–Crippen MR) is 70.9 cm³/mol. The average Bonchev–Trinajstić information content (AvgIpc) is 2.50. The number of hydrogen-bond acceptors (Lipinski definition) is 1. The van der Waals surface area contributed by atoms with Gasteiger partial charge in [-0.15, -0.1) is 0 Å². The molecule has 0 aliphatic carbocycles. The van der Waals surface area contributed by atoms with E-state index in [4.69, 9.17) is 0 Å². The van der Waals surface area contributed by atoms with Crippen LogP contribution >= 0.6 is 15.9 Å². The molecule has 3 rings (SSSR count).